The van der Waals surface area contributed by atoms with E-state index in [2.05, 4.69) is 44.7 Å². The van der Waals surface area contributed by atoms with Gasteiger partial charge in [0.2, 0.25) is 0 Å². The van der Waals surface area contributed by atoms with Crippen LogP contribution in [0.25, 0.3) is 21.0 Å². The van der Waals surface area contributed by atoms with Gasteiger partial charge in [-0.3, -0.25) is 9.69 Å². The molecule has 0 aliphatic carbocycles. The standard InChI is InChI=1S/C28H33N3O2S/c1-6-30(7-2)15-16-31(28-29-26-20(5)17-19(4)18-24(26)34-28)27(32)25-22-12-10-9-11-21(22)13-14-23(25)33-8-3/h9-14,17-18H,6-8,15-16H2,1-5H3. The first-order valence-corrected chi connectivity index (χ1v) is 12.8. The molecule has 0 fully saturated rings. The quantitative estimate of drug-likeness (QED) is 0.279. The number of thiazole rings is 1. The molecule has 1 aromatic heterocycles. The van der Waals surface area contributed by atoms with Crippen LogP contribution in [0.15, 0.2) is 48.5 Å². The number of aromatic nitrogens is 1. The van der Waals surface area contributed by atoms with Gasteiger partial charge in [-0.2, -0.15) is 0 Å². The number of hydrogen-bond donors (Lipinski definition) is 0. The zero-order chi connectivity index (χ0) is 24.2. The lowest BCUT2D eigenvalue weighted by atomic mass is 10.0. The summed E-state index contributed by atoms with van der Waals surface area (Å²) in [7, 11) is 0. The molecule has 0 N–H and O–H groups in total. The fourth-order valence-corrected chi connectivity index (χ4v) is 5.59. The van der Waals surface area contributed by atoms with Crippen LogP contribution in [0.3, 0.4) is 0 Å². The second kappa shape index (κ2) is 10.5. The van der Waals surface area contributed by atoms with Gasteiger partial charge in [-0.15, -0.1) is 0 Å². The van der Waals surface area contributed by atoms with Crippen molar-refractivity contribution in [3.63, 3.8) is 0 Å². The number of fused-ring (bicyclic) bond motifs is 2. The minimum atomic E-state index is -0.0687. The number of nitrogens with zero attached hydrogens (tertiary/aromatic N) is 3. The molecule has 3 aromatic carbocycles. The van der Waals surface area contributed by atoms with Crippen LogP contribution in [0.5, 0.6) is 5.75 Å². The highest BCUT2D eigenvalue weighted by molar-refractivity contribution is 7.22. The van der Waals surface area contributed by atoms with Crippen LogP contribution in [0, 0.1) is 13.8 Å². The van der Waals surface area contributed by atoms with E-state index in [9.17, 15) is 4.79 Å². The van der Waals surface area contributed by atoms with E-state index < -0.39 is 0 Å². The van der Waals surface area contributed by atoms with Crippen molar-refractivity contribution in [3.8, 4) is 5.75 Å². The van der Waals surface area contributed by atoms with Gasteiger partial charge in [0.05, 0.1) is 22.4 Å². The van der Waals surface area contributed by atoms with E-state index in [-0.39, 0.29) is 5.91 Å². The van der Waals surface area contributed by atoms with Gasteiger partial charge in [0, 0.05) is 13.1 Å². The Bertz CT molecular complexity index is 1310. The highest BCUT2D eigenvalue weighted by Gasteiger charge is 2.26. The van der Waals surface area contributed by atoms with Gasteiger partial charge in [0.15, 0.2) is 5.13 Å². The maximum absolute atomic E-state index is 14.3. The van der Waals surface area contributed by atoms with Crippen LogP contribution in [0.2, 0.25) is 0 Å². The molecule has 4 aromatic rings. The molecule has 4 rings (SSSR count). The summed E-state index contributed by atoms with van der Waals surface area (Å²) in [4.78, 5) is 23.4. The molecule has 5 nitrogen and oxygen atoms in total. The minimum Gasteiger partial charge on any atom is -0.493 e. The van der Waals surface area contributed by atoms with Crippen LogP contribution in [0.4, 0.5) is 5.13 Å². The van der Waals surface area contributed by atoms with Crippen molar-refractivity contribution >= 4 is 43.4 Å². The number of amides is 1. The molecular weight excluding hydrogens is 442 g/mol. The number of aryl methyl sites for hydroxylation is 2. The molecule has 0 bridgehead atoms. The van der Waals surface area contributed by atoms with Crippen LogP contribution in [-0.4, -0.2) is 48.6 Å². The fourth-order valence-electron chi connectivity index (χ4n) is 4.42. The normalized spacial score (nSPS) is 11.5. The van der Waals surface area contributed by atoms with Crippen LogP contribution < -0.4 is 9.64 Å². The van der Waals surface area contributed by atoms with Crippen molar-refractivity contribution in [2.24, 2.45) is 0 Å². The molecule has 1 heterocycles. The first-order chi connectivity index (χ1) is 16.5. The summed E-state index contributed by atoms with van der Waals surface area (Å²) >= 11 is 1.58. The van der Waals surface area contributed by atoms with Crippen molar-refractivity contribution in [3.05, 3.63) is 65.2 Å². The van der Waals surface area contributed by atoms with E-state index in [4.69, 9.17) is 9.72 Å². The summed E-state index contributed by atoms with van der Waals surface area (Å²) in [6.45, 7) is 14.1. The fraction of sp³-hybridized carbons (Fsp3) is 0.357. The zero-order valence-electron chi connectivity index (χ0n) is 20.7. The van der Waals surface area contributed by atoms with E-state index in [1.807, 2.05) is 48.2 Å². The predicted molar refractivity (Wildman–Crippen MR) is 144 cm³/mol. The Labute approximate surface area is 206 Å². The Balaban J connectivity index is 1.85. The lowest BCUT2D eigenvalue weighted by Crippen LogP contribution is -2.39. The maximum atomic E-state index is 14.3. The van der Waals surface area contributed by atoms with Crippen molar-refractivity contribution in [2.45, 2.75) is 34.6 Å². The second-order valence-corrected chi connectivity index (χ2v) is 9.51. The Kier molecular flexibility index (Phi) is 7.49. The van der Waals surface area contributed by atoms with E-state index in [0.717, 1.165) is 51.3 Å². The third-order valence-corrected chi connectivity index (χ3v) is 7.26. The first kappa shape index (κ1) is 24.2. The van der Waals surface area contributed by atoms with Crippen molar-refractivity contribution < 1.29 is 9.53 Å². The number of carbonyl (C=O) groups excluding carboxylic acids is 1. The molecule has 0 spiro atoms. The summed E-state index contributed by atoms with van der Waals surface area (Å²) in [6.07, 6.45) is 0. The average Bonchev–Trinajstić information content (AvgIpc) is 3.25. The van der Waals surface area contributed by atoms with Crippen molar-refractivity contribution in [1.29, 1.82) is 0 Å². The maximum Gasteiger partial charge on any atom is 0.264 e. The molecule has 0 saturated heterocycles. The number of rotatable bonds is 9. The predicted octanol–water partition coefficient (Wildman–Crippen LogP) is 6.45. The van der Waals surface area contributed by atoms with E-state index in [1.54, 1.807) is 11.3 Å². The SMILES string of the molecule is CCOc1ccc2ccccc2c1C(=O)N(CCN(CC)CC)c1nc2c(C)cc(C)cc2s1. The molecule has 0 atom stereocenters. The third kappa shape index (κ3) is 4.79. The largest absolute Gasteiger partial charge is 0.493 e. The Hall–Kier alpha value is -2.96. The minimum absolute atomic E-state index is 0.0687. The smallest absolute Gasteiger partial charge is 0.264 e. The summed E-state index contributed by atoms with van der Waals surface area (Å²) in [5, 5.41) is 2.66. The molecule has 34 heavy (non-hydrogen) atoms. The van der Waals surface area contributed by atoms with Gasteiger partial charge in [-0.05, 0) is 67.9 Å². The number of anilines is 1. The second-order valence-electron chi connectivity index (χ2n) is 8.50. The Morgan fingerprint density at radius 2 is 1.76 bits per heavy atom. The highest BCUT2D eigenvalue weighted by atomic mass is 32.1. The van der Waals surface area contributed by atoms with Gasteiger partial charge < -0.3 is 9.64 Å². The lowest BCUT2D eigenvalue weighted by Gasteiger charge is -2.26. The Morgan fingerprint density at radius 1 is 1.00 bits per heavy atom. The van der Waals surface area contributed by atoms with Gasteiger partial charge in [-0.25, -0.2) is 4.98 Å². The molecule has 0 saturated carbocycles. The molecule has 1 amide bonds. The number of ether oxygens (including phenoxy) is 1. The molecule has 0 aliphatic rings. The molecule has 6 heteroatoms. The Morgan fingerprint density at radius 3 is 2.50 bits per heavy atom. The third-order valence-electron chi connectivity index (χ3n) is 6.23. The highest BCUT2D eigenvalue weighted by Crippen LogP contribution is 2.35. The van der Waals surface area contributed by atoms with Crippen molar-refractivity contribution in [1.82, 2.24) is 9.88 Å². The van der Waals surface area contributed by atoms with Crippen LogP contribution >= 0.6 is 11.3 Å². The van der Waals surface area contributed by atoms with Gasteiger partial charge in [0.1, 0.15) is 5.75 Å². The van der Waals surface area contributed by atoms with Crippen molar-refractivity contribution in [2.75, 3.05) is 37.7 Å². The summed E-state index contributed by atoms with van der Waals surface area (Å²) in [5.74, 6) is 0.549. The number of hydrogen-bond acceptors (Lipinski definition) is 5. The topological polar surface area (TPSA) is 45.7 Å². The summed E-state index contributed by atoms with van der Waals surface area (Å²) in [6, 6.07) is 16.2. The van der Waals surface area contributed by atoms with Gasteiger partial charge >= 0.3 is 0 Å². The molecular formula is C28H33N3O2S. The van der Waals surface area contributed by atoms with Gasteiger partial charge in [-0.1, -0.05) is 61.6 Å². The number of carbonyl (C=O) groups is 1. The number of likely N-dealkylation sites (N-methyl/N-ethyl adjacent to an activating group) is 1. The molecule has 0 radical (unpaired) electrons. The molecule has 0 aliphatic heterocycles. The average molecular weight is 476 g/mol. The zero-order valence-corrected chi connectivity index (χ0v) is 21.5. The summed E-state index contributed by atoms with van der Waals surface area (Å²) < 4.78 is 7.05. The molecule has 178 valence electrons. The summed E-state index contributed by atoms with van der Waals surface area (Å²) in [5.41, 5.74) is 3.91. The first-order valence-electron chi connectivity index (χ1n) is 12.0. The lowest BCUT2D eigenvalue weighted by molar-refractivity contribution is 0.0982. The van der Waals surface area contributed by atoms with E-state index in [0.29, 0.717) is 24.5 Å². The van der Waals surface area contributed by atoms with Crippen LogP contribution in [0.1, 0.15) is 42.3 Å². The van der Waals surface area contributed by atoms with Crippen LogP contribution in [-0.2, 0) is 0 Å². The van der Waals surface area contributed by atoms with Gasteiger partial charge in [0.25, 0.3) is 5.91 Å². The molecule has 0 unspecified atom stereocenters. The van der Waals surface area contributed by atoms with E-state index >= 15 is 0 Å². The monoisotopic (exact) mass is 475 g/mol. The van der Waals surface area contributed by atoms with E-state index in [1.165, 1.54) is 5.56 Å². The number of benzene rings is 3.